The van der Waals surface area contributed by atoms with Gasteiger partial charge in [0.15, 0.2) is 0 Å². The molecule has 140 valence electrons. The molecule has 2 aliphatic carbocycles. The fourth-order valence-electron chi connectivity index (χ4n) is 4.10. The summed E-state index contributed by atoms with van der Waals surface area (Å²) in [5, 5.41) is 3.11. The number of amides is 2. The summed E-state index contributed by atoms with van der Waals surface area (Å²) in [6.45, 7) is 3.19. The molecule has 0 atom stereocenters. The monoisotopic (exact) mass is 356 g/mol. The van der Waals surface area contributed by atoms with Crippen molar-refractivity contribution in [2.24, 2.45) is 11.8 Å². The Balaban J connectivity index is 1.23. The highest BCUT2D eigenvalue weighted by Crippen LogP contribution is 2.31. The average Bonchev–Trinajstić information content (AvgIpc) is 3.52. The lowest BCUT2D eigenvalue weighted by Crippen LogP contribution is -2.51. The van der Waals surface area contributed by atoms with Crippen LogP contribution in [0.5, 0.6) is 0 Å². The van der Waals surface area contributed by atoms with Crippen LogP contribution in [0.15, 0.2) is 24.4 Å². The summed E-state index contributed by atoms with van der Waals surface area (Å²) < 4.78 is 0. The van der Waals surface area contributed by atoms with Crippen LogP contribution in [0.4, 0.5) is 5.82 Å². The molecule has 0 spiro atoms. The first kappa shape index (κ1) is 17.3. The zero-order valence-electron chi connectivity index (χ0n) is 15.3. The highest BCUT2D eigenvalue weighted by atomic mass is 16.2. The van der Waals surface area contributed by atoms with Crippen LogP contribution in [0, 0.1) is 11.8 Å². The molecule has 6 nitrogen and oxygen atoms in total. The van der Waals surface area contributed by atoms with E-state index in [9.17, 15) is 9.59 Å². The Morgan fingerprint density at radius 2 is 1.62 bits per heavy atom. The minimum Gasteiger partial charge on any atom is -0.353 e. The SMILES string of the molecule is O=C(NC1CC1)C1CCC(C(=O)N2CCN(c3ccccn3)CC2)CC1. The summed E-state index contributed by atoms with van der Waals surface area (Å²) in [5.41, 5.74) is 0. The smallest absolute Gasteiger partial charge is 0.225 e. The molecule has 4 rings (SSSR count). The first-order valence-corrected chi connectivity index (χ1v) is 9.96. The summed E-state index contributed by atoms with van der Waals surface area (Å²) >= 11 is 0. The van der Waals surface area contributed by atoms with Gasteiger partial charge in [-0.2, -0.15) is 0 Å². The molecule has 0 unspecified atom stereocenters. The number of nitrogens with one attached hydrogen (secondary N) is 1. The molecule has 0 bridgehead atoms. The Morgan fingerprint density at radius 3 is 2.23 bits per heavy atom. The maximum Gasteiger partial charge on any atom is 0.225 e. The van der Waals surface area contributed by atoms with Gasteiger partial charge in [0.25, 0.3) is 0 Å². The highest BCUT2D eigenvalue weighted by Gasteiger charge is 2.34. The first-order chi connectivity index (χ1) is 12.7. The average molecular weight is 356 g/mol. The molecular weight excluding hydrogens is 328 g/mol. The van der Waals surface area contributed by atoms with Crippen molar-refractivity contribution in [2.45, 2.75) is 44.6 Å². The number of aromatic nitrogens is 1. The van der Waals surface area contributed by atoms with E-state index in [4.69, 9.17) is 0 Å². The largest absolute Gasteiger partial charge is 0.353 e. The summed E-state index contributed by atoms with van der Waals surface area (Å²) in [6, 6.07) is 6.37. The third-order valence-corrected chi connectivity index (χ3v) is 5.94. The topological polar surface area (TPSA) is 65.5 Å². The summed E-state index contributed by atoms with van der Waals surface area (Å²) in [6.07, 6.45) is 7.47. The molecule has 0 aromatic carbocycles. The number of hydrogen-bond acceptors (Lipinski definition) is 4. The summed E-state index contributed by atoms with van der Waals surface area (Å²) in [7, 11) is 0. The van der Waals surface area contributed by atoms with Crippen LogP contribution in [0.25, 0.3) is 0 Å². The van der Waals surface area contributed by atoms with Gasteiger partial charge in [-0.15, -0.1) is 0 Å². The van der Waals surface area contributed by atoms with Crippen LogP contribution in [-0.2, 0) is 9.59 Å². The minimum atomic E-state index is 0.0985. The number of rotatable bonds is 4. The number of carbonyl (C=O) groups is 2. The maximum absolute atomic E-state index is 12.9. The zero-order valence-corrected chi connectivity index (χ0v) is 15.3. The fraction of sp³-hybridized carbons (Fsp3) is 0.650. The predicted octanol–water partition coefficient (Wildman–Crippen LogP) is 1.82. The number of carbonyl (C=O) groups excluding carboxylic acids is 2. The summed E-state index contributed by atoms with van der Waals surface area (Å²) in [5.74, 6) is 1.69. The molecule has 0 radical (unpaired) electrons. The molecule has 1 aromatic rings. The normalized spacial score (nSPS) is 26.5. The molecule has 2 saturated carbocycles. The molecule has 3 aliphatic rings. The fourth-order valence-corrected chi connectivity index (χ4v) is 4.10. The molecule has 26 heavy (non-hydrogen) atoms. The van der Waals surface area contributed by atoms with Crippen LogP contribution >= 0.6 is 0 Å². The van der Waals surface area contributed by atoms with Crippen molar-refractivity contribution in [1.82, 2.24) is 15.2 Å². The van der Waals surface area contributed by atoms with Gasteiger partial charge >= 0.3 is 0 Å². The van der Waals surface area contributed by atoms with Gasteiger partial charge in [0, 0.05) is 50.3 Å². The van der Waals surface area contributed by atoms with E-state index in [1.165, 1.54) is 0 Å². The van der Waals surface area contributed by atoms with E-state index in [1.54, 1.807) is 0 Å². The lowest BCUT2D eigenvalue weighted by atomic mass is 9.81. The second-order valence-electron chi connectivity index (χ2n) is 7.83. The Hall–Kier alpha value is -2.11. The van der Waals surface area contributed by atoms with Gasteiger partial charge in [-0.1, -0.05) is 6.07 Å². The second kappa shape index (κ2) is 7.64. The van der Waals surface area contributed by atoms with Gasteiger partial charge in [-0.3, -0.25) is 9.59 Å². The maximum atomic E-state index is 12.9. The second-order valence-corrected chi connectivity index (χ2v) is 7.83. The van der Waals surface area contributed by atoms with Crippen molar-refractivity contribution in [3.63, 3.8) is 0 Å². The van der Waals surface area contributed by atoms with Gasteiger partial charge in [0.1, 0.15) is 5.82 Å². The number of hydrogen-bond donors (Lipinski definition) is 1. The van der Waals surface area contributed by atoms with Crippen molar-refractivity contribution in [2.75, 3.05) is 31.1 Å². The zero-order chi connectivity index (χ0) is 17.9. The third-order valence-electron chi connectivity index (χ3n) is 5.94. The Morgan fingerprint density at radius 1 is 0.923 bits per heavy atom. The minimum absolute atomic E-state index is 0.0985. The molecule has 1 aliphatic heterocycles. The van der Waals surface area contributed by atoms with Gasteiger partial charge in [0.05, 0.1) is 0 Å². The van der Waals surface area contributed by atoms with Crippen molar-refractivity contribution >= 4 is 17.6 Å². The van der Waals surface area contributed by atoms with E-state index in [2.05, 4.69) is 15.2 Å². The van der Waals surface area contributed by atoms with Crippen LogP contribution in [0.1, 0.15) is 38.5 Å². The molecular formula is C20H28N4O2. The number of nitrogens with zero attached hydrogens (tertiary/aromatic N) is 3. The highest BCUT2D eigenvalue weighted by molar-refractivity contribution is 5.81. The van der Waals surface area contributed by atoms with Crippen LogP contribution in [-0.4, -0.2) is 53.9 Å². The molecule has 1 saturated heterocycles. The quantitative estimate of drug-likeness (QED) is 0.894. The van der Waals surface area contributed by atoms with Crippen molar-refractivity contribution in [3.8, 4) is 0 Å². The molecule has 2 heterocycles. The molecule has 2 amide bonds. The van der Waals surface area contributed by atoms with Crippen LogP contribution in [0.3, 0.4) is 0 Å². The van der Waals surface area contributed by atoms with Gasteiger partial charge in [-0.25, -0.2) is 4.98 Å². The predicted molar refractivity (Wildman–Crippen MR) is 99.6 cm³/mol. The van der Waals surface area contributed by atoms with Crippen molar-refractivity contribution in [3.05, 3.63) is 24.4 Å². The first-order valence-electron chi connectivity index (χ1n) is 9.96. The van der Waals surface area contributed by atoms with E-state index in [0.29, 0.717) is 6.04 Å². The van der Waals surface area contributed by atoms with E-state index >= 15 is 0 Å². The lowest BCUT2D eigenvalue weighted by Gasteiger charge is -2.38. The van der Waals surface area contributed by atoms with E-state index in [0.717, 1.165) is 70.5 Å². The van der Waals surface area contributed by atoms with E-state index in [-0.39, 0.29) is 23.7 Å². The summed E-state index contributed by atoms with van der Waals surface area (Å²) in [4.78, 5) is 33.7. The number of anilines is 1. The standard InChI is InChI=1S/C20H28N4O2/c25-19(22-17-8-9-17)15-4-6-16(7-5-15)20(26)24-13-11-23(12-14-24)18-3-1-2-10-21-18/h1-3,10,15-17H,4-9,11-14H2,(H,22,25). The molecule has 1 N–H and O–H groups in total. The lowest BCUT2D eigenvalue weighted by molar-refractivity contribution is -0.138. The Kier molecular flexibility index (Phi) is 5.09. The number of piperazine rings is 1. The van der Waals surface area contributed by atoms with E-state index in [1.807, 2.05) is 29.3 Å². The Labute approximate surface area is 155 Å². The number of pyridine rings is 1. The van der Waals surface area contributed by atoms with E-state index < -0.39 is 0 Å². The van der Waals surface area contributed by atoms with Gasteiger partial charge in [-0.05, 0) is 50.7 Å². The molecule has 6 heteroatoms. The Bertz CT molecular complexity index is 630. The molecule has 3 fully saturated rings. The van der Waals surface area contributed by atoms with Gasteiger partial charge < -0.3 is 15.1 Å². The van der Waals surface area contributed by atoms with Crippen molar-refractivity contribution in [1.29, 1.82) is 0 Å². The van der Waals surface area contributed by atoms with Crippen molar-refractivity contribution < 1.29 is 9.59 Å². The molecule has 1 aromatic heterocycles. The van der Waals surface area contributed by atoms with Crippen LogP contribution in [0.2, 0.25) is 0 Å². The van der Waals surface area contributed by atoms with Gasteiger partial charge in [0.2, 0.25) is 11.8 Å². The van der Waals surface area contributed by atoms with Crippen LogP contribution < -0.4 is 10.2 Å². The third kappa shape index (κ3) is 4.00.